The van der Waals surface area contributed by atoms with Crippen molar-refractivity contribution in [3.63, 3.8) is 0 Å². The fraction of sp³-hybridized carbons (Fsp3) is 0.500. The first-order chi connectivity index (χ1) is 8.37. The molecule has 1 heterocycles. The van der Waals surface area contributed by atoms with Crippen molar-refractivity contribution < 1.29 is 0 Å². The number of hydrogen-bond donors (Lipinski definition) is 1. The van der Waals surface area contributed by atoms with E-state index in [0.717, 1.165) is 29.9 Å². The van der Waals surface area contributed by atoms with Crippen molar-refractivity contribution >= 4 is 11.0 Å². The van der Waals surface area contributed by atoms with Crippen LogP contribution in [0.5, 0.6) is 0 Å². The second-order valence-electron chi connectivity index (χ2n) is 5.83. The Kier molecular flexibility index (Phi) is 3.41. The fourth-order valence-corrected chi connectivity index (χ4v) is 2.11. The van der Waals surface area contributed by atoms with Gasteiger partial charge in [-0.25, -0.2) is 4.98 Å². The lowest BCUT2D eigenvalue weighted by Crippen LogP contribution is -2.37. The van der Waals surface area contributed by atoms with Crippen LogP contribution in [0.2, 0.25) is 0 Å². The van der Waals surface area contributed by atoms with Crippen LogP contribution in [0, 0.1) is 0 Å². The Morgan fingerprint density at radius 2 is 1.94 bits per heavy atom. The molecule has 0 aliphatic carbocycles. The fourth-order valence-electron chi connectivity index (χ4n) is 2.11. The van der Waals surface area contributed by atoms with Crippen LogP contribution in [0.25, 0.3) is 11.0 Å². The van der Waals surface area contributed by atoms with Crippen molar-refractivity contribution in [1.82, 2.24) is 14.5 Å². The summed E-state index contributed by atoms with van der Waals surface area (Å²) in [6, 6.07) is 8.22. The first-order valence-electron chi connectivity index (χ1n) is 6.24. The molecule has 2 aromatic rings. The van der Waals surface area contributed by atoms with Gasteiger partial charge in [0.1, 0.15) is 5.82 Å². The molecule has 0 atom stereocenters. The summed E-state index contributed by atoms with van der Waals surface area (Å²) in [5.41, 5.74) is 8.11. The highest BCUT2D eigenvalue weighted by Gasteiger charge is 2.17. The average molecular weight is 246 g/mol. The SMILES string of the molecule is CN(C)Cc1nc2ccccc2n1CC(C)(C)N. The lowest BCUT2D eigenvalue weighted by atomic mass is 10.1. The summed E-state index contributed by atoms with van der Waals surface area (Å²) in [7, 11) is 4.11. The summed E-state index contributed by atoms with van der Waals surface area (Å²) in [4.78, 5) is 6.83. The van der Waals surface area contributed by atoms with Crippen molar-refractivity contribution in [3.05, 3.63) is 30.1 Å². The minimum atomic E-state index is -0.246. The first kappa shape index (κ1) is 13.1. The molecule has 0 fully saturated rings. The monoisotopic (exact) mass is 246 g/mol. The van der Waals surface area contributed by atoms with Gasteiger partial charge < -0.3 is 15.2 Å². The van der Waals surface area contributed by atoms with Crippen LogP contribution < -0.4 is 5.73 Å². The average Bonchev–Trinajstić information content (AvgIpc) is 2.54. The van der Waals surface area contributed by atoms with Gasteiger partial charge in [-0.2, -0.15) is 0 Å². The zero-order valence-electron chi connectivity index (χ0n) is 11.6. The van der Waals surface area contributed by atoms with E-state index in [1.54, 1.807) is 0 Å². The molecule has 0 spiro atoms. The van der Waals surface area contributed by atoms with Crippen LogP contribution in [-0.2, 0) is 13.1 Å². The van der Waals surface area contributed by atoms with Crippen molar-refractivity contribution in [2.24, 2.45) is 5.73 Å². The summed E-state index contributed by atoms with van der Waals surface area (Å²) < 4.78 is 2.23. The van der Waals surface area contributed by atoms with Gasteiger partial charge in [-0.1, -0.05) is 12.1 Å². The van der Waals surface area contributed by atoms with Crippen LogP contribution in [0.1, 0.15) is 19.7 Å². The molecule has 2 rings (SSSR count). The van der Waals surface area contributed by atoms with Gasteiger partial charge in [0.05, 0.1) is 17.6 Å². The lowest BCUT2D eigenvalue weighted by molar-refractivity contribution is 0.365. The number of rotatable bonds is 4. The molecule has 0 amide bonds. The minimum Gasteiger partial charge on any atom is -0.325 e. The zero-order valence-corrected chi connectivity index (χ0v) is 11.6. The standard InChI is InChI=1S/C14H22N4/c1-14(2,15)10-18-12-8-6-5-7-11(12)16-13(18)9-17(3)4/h5-8H,9-10,15H2,1-4H3. The molecule has 1 aromatic heterocycles. The third kappa shape index (κ3) is 2.89. The smallest absolute Gasteiger partial charge is 0.124 e. The van der Waals surface area contributed by atoms with E-state index < -0.39 is 0 Å². The van der Waals surface area contributed by atoms with E-state index in [-0.39, 0.29) is 5.54 Å². The number of fused-ring (bicyclic) bond motifs is 1. The molecular formula is C14H22N4. The molecule has 4 heteroatoms. The van der Waals surface area contributed by atoms with Gasteiger partial charge >= 0.3 is 0 Å². The van der Waals surface area contributed by atoms with E-state index in [2.05, 4.69) is 35.7 Å². The molecule has 0 saturated heterocycles. The molecule has 0 unspecified atom stereocenters. The number of imidazole rings is 1. The highest BCUT2D eigenvalue weighted by molar-refractivity contribution is 5.75. The second kappa shape index (κ2) is 4.71. The molecule has 0 bridgehead atoms. The Hall–Kier alpha value is -1.39. The van der Waals surface area contributed by atoms with E-state index in [0.29, 0.717) is 0 Å². The van der Waals surface area contributed by atoms with Gasteiger partial charge in [-0.05, 0) is 40.1 Å². The van der Waals surface area contributed by atoms with Crippen LogP contribution >= 0.6 is 0 Å². The summed E-state index contributed by atoms with van der Waals surface area (Å²) in [5, 5.41) is 0. The van der Waals surface area contributed by atoms with Crippen molar-refractivity contribution in [1.29, 1.82) is 0 Å². The predicted molar refractivity (Wildman–Crippen MR) is 75.4 cm³/mol. The summed E-state index contributed by atoms with van der Waals surface area (Å²) >= 11 is 0. The van der Waals surface area contributed by atoms with Crippen LogP contribution in [0.15, 0.2) is 24.3 Å². The summed E-state index contributed by atoms with van der Waals surface area (Å²) in [6.45, 7) is 5.68. The number of nitrogens with two attached hydrogens (primary N) is 1. The Balaban J connectivity index is 2.50. The summed E-state index contributed by atoms with van der Waals surface area (Å²) in [6.07, 6.45) is 0. The first-order valence-corrected chi connectivity index (χ1v) is 6.24. The highest BCUT2D eigenvalue weighted by atomic mass is 15.2. The van der Waals surface area contributed by atoms with Crippen molar-refractivity contribution in [2.45, 2.75) is 32.5 Å². The molecule has 1 aromatic carbocycles. The number of nitrogens with zero attached hydrogens (tertiary/aromatic N) is 3. The Morgan fingerprint density at radius 1 is 1.28 bits per heavy atom. The Labute approximate surface area is 108 Å². The van der Waals surface area contributed by atoms with Gasteiger partial charge in [0.25, 0.3) is 0 Å². The maximum atomic E-state index is 6.16. The topological polar surface area (TPSA) is 47.1 Å². The number of benzene rings is 1. The molecule has 98 valence electrons. The summed E-state index contributed by atoms with van der Waals surface area (Å²) in [5.74, 6) is 1.07. The molecule has 18 heavy (non-hydrogen) atoms. The van der Waals surface area contributed by atoms with Gasteiger partial charge in [-0.3, -0.25) is 0 Å². The largest absolute Gasteiger partial charge is 0.325 e. The predicted octanol–water partition coefficient (Wildman–Crippen LogP) is 1.84. The third-order valence-corrected chi connectivity index (χ3v) is 2.76. The van der Waals surface area contributed by atoms with Crippen molar-refractivity contribution in [3.8, 4) is 0 Å². The second-order valence-corrected chi connectivity index (χ2v) is 5.83. The molecule has 4 nitrogen and oxygen atoms in total. The minimum absolute atomic E-state index is 0.246. The quantitative estimate of drug-likeness (QED) is 0.895. The van der Waals surface area contributed by atoms with E-state index in [1.165, 1.54) is 0 Å². The number of para-hydroxylation sites is 2. The zero-order chi connectivity index (χ0) is 13.3. The molecule has 0 radical (unpaired) electrons. The van der Waals surface area contributed by atoms with Crippen LogP contribution in [0.3, 0.4) is 0 Å². The van der Waals surface area contributed by atoms with E-state index >= 15 is 0 Å². The maximum absolute atomic E-state index is 6.16. The van der Waals surface area contributed by atoms with E-state index in [4.69, 9.17) is 10.7 Å². The van der Waals surface area contributed by atoms with E-state index in [9.17, 15) is 0 Å². The van der Waals surface area contributed by atoms with Crippen LogP contribution in [0.4, 0.5) is 0 Å². The Bertz CT molecular complexity index is 534. The Morgan fingerprint density at radius 3 is 2.56 bits per heavy atom. The molecule has 0 aliphatic rings. The molecule has 0 saturated carbocycles. The van der Waals surface area contributed by atoms with Gasteiger partial charge in [0, 0.05) is 12.1 Å². The van der Waals surface area contributed by atoms with Crippen LogP contribution in [-0.4, -0.2) is 34.1 Å². The number of hydrogen-bond acceptors (Lipinski definition) is 3. The van der Waals surface area contributed by atoms with Gasteiger partial charge in [-0.15, -0.1) is 0 Å². The van der Waals surface area contributed by atoms with Crippen molar-refractivity contribution in [2.75, 3.05) is 14.1 Å². The van der Waals surface area contributed by atoms with Gasteiger partial charge in [0.15, 0.2) is 0 Å². The highest BCUT2D eigenvalue weighted by Crippen LogP contribution is 2.19. The lowest BCUT2D eigenvalue weighted by Gasteiger charge is -2.22. The maximum Gasteiger partial charge on any atom is 0.124 e. The third-order valence-electron chi connectivity index (χ3n) is 2.76. The van der Waals surface area contributed by atoms with Gasteiger partial charge in [0.2, 0.25) is 0 Å². The van der Waals surface area contributed by atoms with E-state index in [1.807, 2.05) is 26.0 Å². The molecule has 0 aliphatic heterocycles. The number of aromatic nitrogens is 2. The normalized spacial score (nSPS) is 12.6. The molecular weight excluding hydrogens is 224 g/mol. The molecule has 2 N–H and O–H groups in total.